The van der Waals surface area contributed by atoms with Crippen molar-refractivity contribution in [1.29, 1.82) is 0 Å². The van der Waals surface area contributed by atoms with Crippen LogP contribution in [0.5, 0.6) is 0 Å². The van der Waals surface area contributed by atoms with Gasteiger partial charge in [0, 0.05) is 102 Å². The van der Waals surface area contributed by atoms with Gasteiger partial charge in [0.1, 0.15) is 58.4 Å². The molecule has 0 radical (unpaired) electrons. The van der Waals surface area contributed by atoms with Crippen LogP contribution in [0.25, 0.3) is 0 Å². The van der Waals surface area contributed by atoms with Gasteiger partial charge in [-0.05, 0) is 174 Å². The molecule has 6 aliphatic rings. The zero-order chi connectivity index (χ0) is 92.8. The van der Waals surface area contributed by atoms with Crippen molar-refractivity contribution < 1.29 is 135 Å². The molecule has 9 N–H and O–H groups in total. The van der Waals surface area contributed by atoms with Crippen LogP contribution in [0.2, 0.25) is 0 Å². The molecule has 6 fully saturated rings. The standard InChI is InChI=1S/C45H82N2O14.C41H71NO14.C4H11N/c1-16-33-45(12,53)38(51)25(4)21-32(48)26(5)23-43(10,54-14)39(61-42-36(50)31(46-13)22-27(6)56-42)28(7)37(29(8)41(52)58-33)60-35-24-44(11,55-15)40(30(9)57-35)59-34(49)19-20-47(17-2)18-3;1-15-29-41(11,48)34(46)21(3)17-28(43)22(4)19-39(9,49-13)35(56-38-32(45)27(42-12)18-23(5)51-38)24(6)33(25(7)37(47)53-29)55-31-20-40(10,50-14)36(26(8)52-31)54-30(44)16-2;1-3-5-4-2/h25-31,33,35-40,42,46,50-51,53H,16-24H2,1-15H3;16,21-27,29,31-36,38,42,45-46,48H,2,15,17-20H2,1,3-14H3;5H,3-4H2,1-2H3/t25-,26+,27+,28-,29+,30-,31-,33+,35-,36+,37-,38+,39+,40?,42-,43+,44+,45+;21-,22+,23+,24-,25+,26-,27-,29+,31-,32+,33-,34+,35+,36?,38-,39+,40+,41+;/m00./s1. The Kier molecular flexibility index (Phi) is 44.5. The van der Waals surface area contributed by atoms with E-state index in [1.807, 2.05) is 55.4 Å². The zero-order valence-electron chi connectivity index (χ0n) is 79.5. The Morgan fingerprint density at radius 2 is 0.852 bits per heavy atom. The molecule has 32 heteroatoms. The summed E-state index contributed by atoms with van der Waals surface area (Å²) in [7, 11) is 9.57. The lowest BCUT2D eigenvalue weighted by Gasteiger charge is -2.49. The molecule has 0 aromatic carbocycles. The molecule has 32 nitrogen and oxygen atoms in total. The highest BCUT2D eigenvalue weighted by molar-refractivity contribution is 5.82. The average Bonchev–Trinajstić information content (AvgIpc) is 0.979. The summed E-state index contributed by atoms with van der Waals surface area (Å²) in [6.45, 7) is 50.8. The van der Waals surface area contributed by atoms with E-state index in [1.165, 1.54) is 42.3 Å². The Bertz CT molecular complexity index is 3190. The van der Waals surface area contributed by atoms with Gasteiger partial charge in [0.2, 0.25) is 0 Å². The second-order valence-corrected chi connectivity index (χ2v) is 36.7. The first-order valence-corrected chi connectivity index (χ1v) is 44.8. The fraction of sp³-hybridized carbons (Fsp3) is 0.911. The van der Waals surface area contributed by atoms with Gasteiger partial charge in [-0.2, -0.15) is 0 Å². The molecule has 6 aliphatic heterocycles. The fourth-order valence-electron chi connectivity index (χ4n) is 18.8. The summed E-state index contributed by atoms with van der Waals surface area (Å²) in [6, 6.07) is -0.702. The summed E-state index contributed by atoms with van der Waals surface area (Å²) < 4.78 is 101. The monoisotopic (exact) mass is 1750 g/mol. The number of cyclic esters (lactones) is 2. The minimum atomic E-state index is -1.91. The largest absolute Gasteiger partial charge is 0.459 e. The fourth-order valence-corrected chi connectivity index (χ4v) is 18.8. The SMILES string of the molecule is C=CC(=O)OC1[C@H](C)O[C@@H](O[C@H]2[C@H](C)[C@@H](O[C@@H]3O[C@H](C)C[C@H](NC)[C@H]3O)[C@](C)(OC)C[C@@H](C)C(=O)C[C@H](C)[C@@H](O)[C@](C)(O)[C@@H](CC)OC(=O)[C@@H]2C)C[C@@]1(C)OC.CCNCC.CC[C@H]1OC(=O)[C@H](C)[C@@H](O[C@H]2C[C@@](C)(OC)C(OC(=O)CCN(CC)CC)[C@H](C)O2)[C@H](C)[C@@H](O[C@@H]2O[C@H](C)C[C@H](NC)[C@H]2O)[C@](C)(OC)C[C@@H](C)C(=O)C[C@H](C)[C@@H](O)[C@]1(C)O. The predicted molar refractivity (Wildman–Crippen MR) is 457 cm³/mol. The summed E-state index contributed by atoms with van der Waals surface area (Å²) in [5.74, 6) is -8.99. The first kappa shape index (κ1) is 110. The van der Waals surface area contributed by atoms with Crippen molar-refractivity contribution >= 4 is 35.4 Å². The van der Waals surface area contributed by atoms with Crippen LogP contribution >= 0.6 is 0 Å². The lowest BCUT2D eigenvalue weighted by atomic mass is 9.76. The minimum absolute atomic E-state index is 0.0562. The van der Waals surface area contributed by atoms with Gasteiger partial charge in [0.05, 0.1) is 90.5 Å². The van der Waals surface area contributed by atoms with Crippen molar-refractivity contribution in [3.63, 3.8) is 0 Å². The predicted octanol–water partition coefficient (Wildman–Crippen LogP) is 7.61. The minimum Gasteiger partial charge on any atom is -0.459 e. The quantitative estimate of drug-likeness (QED) is 0.0228. The van der Waals surface area contributed by atoms with E-state index >= 15 is 0 Å². The second-order valence-electron chi connectivity index (χ2n) is 36.7. The van der Waals surface area contributed by atoms with Gasteiger partial charge in [-0.1, -0.05) is 89.7 Å². The third-order valence-corrected chi connectivity index (χ3v) is 27.0. The Morgan fingerprint density at radius 3 is 1.16 bits per heavy atom. The van der Waals surface area contributed by atoms with E-state index in [9.17, 15) is 59.4 Å². The van der Waals surface area contributed by atoms with Gasteiger partial charge in [-0.15, -0.1) is 0 Å². The third-order valence-electron chi connectivity index (χ3n) is 27.0. The van der Waals surface area contributed by atoms with E-state index in [0.717, 1.165) is 32.3 Å². The number of ketones is 2. The number of methoxy groups -OCH3 is 4. The van der Waals surface area contributed by atoms with Gasteiger partial charge < -0.3 is 127 Å². The third kappa shape index (κ3) is 28.3. The molecule has 0 bridgehead atoms. The van der Waals surface area contributed by atoms with Crippen LogP contribution in [0.1, 0.15) is 237 Å². The maximum atomic E-state index is 14.5. The van der Waals surface area contributed by atoms with E-state index in [4.69, 9.17) is 75.8 Å². The number of aliphatic hydroxyl groups excluding tert-OH is 4. The molecule has 0 aliphatic carbocycles. The highest BCUT2D eigenvalue weighted by Crippen LogP contribution is 2.46. The number of carbonyl (C=O) groups is 6. The van der Waals surface area contributed by atoms with Crippen molar-refractivity contribution in [3.05, 3.63) is 12.7 Å². The van der Waals surface area contributed by atoms with Crippen LogP contribution in [-0.2, 0) is 105 Å². The number of likely N-dealkylation sites (N-methyl/N-ethyl adjacent to an activating group) is 2. The molecule has 0 aromatic rings. The highest BCUT2D eigenvalue weighted by Gasteiger charge is 2.58. The van der Waals surface area contributed by atoms with Crippen LogP contribution in [0.3, 0.4) is 0 Å². The van der Waals surface area contributed by atoms with Gasteiger partial charge in [-0.3, -0.25) is 24.0 Å². The number of esters is 4. The molecule has 6 rings (SSSR count). The molecule has 6 saturated heterocycles. The lowest BCUT2D eigenvalue weighted by molar-refractivity contribution is -0.318. The van der Waals surface area contributed by atoms with E-state index in [1.54, 1.807) is 97.2 Å². The van der Waals surface area contributed by atoms with Crippen molar-refractivity contribution in [2.24, 2.45) is 47.3 Å². The molecule has 0 saturated carbocycles. The number of aliphatic hydroxyl groups is 6. The number of hydrogen-bond acceptors (Lipinski definition) is 32. The van der Waals surface area contributed by atoms with E-state index in [-0.39, 0.29) is 99.6 Å². The molecule has 2 unspecified atom stereocenters. The van der Waals surface area contributed by atoms with Gasteiger partial charge in [0.15, 0.2) is 37.4 Å². The molecule has 0 aromatic heterocycles. The smallest absolute Gasteiger partial charge is 0.330 e. The molecule has 36 atom stereocenters. The molecule has 712 valence electrons. The van der Waals surface area contributed by atoms with Crippen LogP contribution in [0.15, 0.2) is 12.7 Å². The Morgan fingerprint density at radius 1 is 0.508 bits per heavy atom. The van der Waals surface area contributed by atoms with E-state index < -0.39 is 209 Å². The van der Waals surface area contributed by atoms with Crippen molar-refractivity contribution in [2.75, 3.05) is 75.3 Å². The normalized spacial score (nSPS) is 43.4. The van der Waals surface area contributed by atoms with Crippen molar-refractivity contribution in [2.45, 2.75) is 405 Å². The van der Waals surface area contributed by atoms with Gasteiger partial charge >= 0.3 is 23.9 Å². The van der Waals surface area contributed by atoms with Crippen molar-refractivity contribution in [3.8, 4) is 0 Å². The van der Waals surface area contributed by atoms with Crippen molar-refractivity contribution in [1.82, 2.24) is 20.9 Å². The Labute approximate surface area is 728 Å². The maximum absolute atomic E-state index is 14.5. The first-order chi connectivity index (χ1) is 56.9. The number of carbonyl (C=O) groups excluding carboxylic acids is 6. The van der Waals surface area contributed by atoms with Gasteiger partial charge in [-0.25, -0.2) is 4.79 Å². The Balaban J connectivity index is 0.000000486. The molecule has 122 heavy (non-hydrogen) atoms. The Hall–Kier alpha value is -3.92. The molecular formula is C90H164N4O28. The summed E-state index contributed by atoms with van der Waals surface area (Å²) in [4.78, 5) is 84.2. The van der Waals surface area contributed by atoms with Crippen LogP contribution in [0.4, 0.5) is 0 Å². The van der Waals surface area contributed by atoms with Gasteiger partial charge in [0.25, 0.3) is 0 Å². The van der Waals surface area contributed by atoms with Crippen LogP contribution in [-0.4, -0.2) is 315 Å². The number of nitrogens with zero attached hydrogens (tertiary/aromatic N) is 1. The molecule has 0 spiro atoms. The molecule has 6 heterocycles. The molecular weight excluding hydrogens is 1580 g/mol. The molecule has 0 amide bonds. The van der Waals surface area contributed by atoms with Crippen LogP contribution < -0.4 is 16.0 Å². The van der Waals surface area contributed by atoms with E-state index in [0.29, 0.717) is 19.4 Å². The summed E-state index contributed by atoms with van der Waals surface area (Å²) in [5.41, 5.74) is -8.45. The summed E-state index contributed by atoms with van der Waals surface area (Å²) in [6.07, 6.45) is -16.2. The topological polar surface area (TPSA) is 411 Å². The number of hydrogen-bond donors (Lipinski definition) is 9. The summed E-state index contributed by atoms with van der Waals surface area (Å²) >= 11 is 0. The highest BCUT2D eigenvalue weighted by atomic mass is 16.7. The zero-order valence-corrected chi connectivity index (χ0v) is 79.5. The second kappa shape index (κ2) is 49.2. The summed E-state index contributed by atoms with van der Waals surface area (Å²) in [5, 5.41) is 78.8. The average molecular weight is 1750 g/mol. The lowest BCUT2D eigenvalue weighted by Crippen LogP contribution is -2.61. The number of rotatable bonds is 26. The number of ether oxygens (including phenoxy) is 16. The first-order valence-electron chi connectivity index (χ1n) is 44.8. The number of nitrogens with one attached hydrogen (secondary N) is 3. The van der Waals surface area contributed by atoms with Crippen LogP contribution in [0, 0.1) is 47.3 Å². The van der Waals surface area contributed by atoms with E-state index in [2.05, 4.69) is 41.3 Å². The maximum Gasteiger partial charge on any atom is 0.330 e. The number of Topliss-reactive ketones (excluding diaryl/α,β-unsaturated/α-hetero) is 2.